The summed E-state index contributed by atoms with van der Waals surface area (Å²) in [5, 5.41) is 15.8. The van der Waals surface area contributed by atoms with E-state index in [4.69, 9.17) is 4.74 Å². The molecule has 0 spiro atoms. The lowest BCUT2D eigenvalue weighted by Gasteiger charge is -2.32. The average molecular weight is 378 g/mol. The van der Waals surface area contributed by atoms with Crippen molar-refractivity contribution >= 4 is 29.2 Å². The number of hydrogen-bond acceptors (Lipinski definition) is 7. The molecule has 10 heteroatoms. The summed E-state index contributed by atoms with van der Waals surface area (Å²) in [5.74, 6) is -1.75. The van der Waals surface area contributed by atoms with Gasteiger partial charge in [-0.2, -0.15) is 0 Å². The van der Waals surface area contributed by atoms with E-state index in [0.717, 1.165) is 0 Å². The van der Waals surface area contributed by atoms with E-state index >= 15 is 0 Å². The van der Waals surface area contributed by atoms with Gasteiger partial charge in [-0.1, -0.05) is 12.1 Å². The molecule has 1 aromatic carbocycles. The molecule has 1 aliphatic rings. The van der Waals surface area contributed by atoms with Crippen LogP contribution in [0.25, 0.3) is 0 Å². The van der Waals surface area contributed by atoms with Gasteiger partial charge in [0, 0.05) is 26.2 Å². The lowest BCUT2D eigenvalue weighted by molar-refractivity contribution is -0.384. The zero-order valence-electron chi connectivity index (χ0n) is 15.0. The first-order chi connectivity index (χ1) is 12.9. The Hall–Kier alpha value is -3.17. The van der Waals surface area contributed by atoms with E-state index in [9.17, 15) is 24.5 Å². The molecule has 1 fully saturated rings. The monoisotopic (exact) mass is 378 g/mol. The molecule has 1 aromatic rings. The highest BCUT2D eigenvalue weighted by Crippen LogP contribution is 2.31. The van der Waals surface area contributed by atoms with Crippen LogP contribution >= 0.6 is 0 Å². The van der Waals surface area contributed by atoms with E-state index < -0.39 is 23.4 Å². The van der Waals surface area contributed by atoms with E-state index in [1.165, 1.54) is 13.1 Å². The molecule has 0 radical (unpaired) electrons. The minimum absolute atomic E-state index is 0.0336. The van der Waals surface area contributed by atoms with Crippen molar-refractivity contribution in [3.63, 3.8) is 0 Å². The van der Waals surface area contributed by atoms with Crippen molar-refractivity contribution in [3.05, 3.63) is 34.4 Å². The summed E-state index contributed by atoms with van der Waals surface area (Å²) in [5.41, 5.74) is 0.564. The minimum atomic E-state index is -0.552. The van der Waals surface area contributed by atoms with Gasteiger partial charge in [-0.3, -0.25) is 24.5 Å². The molecule has 27 heavy (non-hydrogen) atoms. The Labute approximate surface area is 156 Å². The number of anilines is 1. The smallest absolute Gasteiger partial charge is 0.309 e. The number of nitro groups is 1. The number of para-hydroxylation sites is 2. The largest absolute Gasteiger partial charge is 0.455 e. The Kier molecular flexibility index (Phi) is 7.09. The molecule has 1 heterocycles. The van der Waals surface area contributed by atoms with E-state index in [1.54, 1.807) is 18.2 Å². The number of ether oxygens (including phenoxy) is 1. The predicted octanol–water partition coefficient (Wildman–Crippen LogP) is 0.217. The first-order valence-electron chi connectivity index (χ1n) is 8.54. The van der Waals surface area contributed by atoms with E-state index in [2.05, 4.69) is 10.6 Å². The maximum absolute atomic E-state index is 12.1. The zero-order chi connectivity index (χ0) is 19.8. The van der Waals surface area contributed by atoms with Crippen LogP contribution in [0.2, 0.25) is 0 Å². The van der Waals surface area contributed by atoms with Crippen molar-refractivity contribution < 1.29 is 24.0 Å². The molecule has 0 aromatic heterocycles. The highest BCUT2D eigenvalue weighted by molar-refractivity contribution is 5.86. The molecule has 1 saturated heterocycles. The average Bonchev–Trinajstić information content (AvgIpc) is 2.70. The van der Waals surface area contributed by atoms with Gasteiger partial charge in [0.05, 0.1) is 17.4 Å². The van der Waals surface area contributed by atoms with Crippen LogP contribution in [0, 0.1) is 16.0 Å². The first-order valence-corrected chi connectivity index (χ1v) is 8.54. The molecule has 0 unspecified atom stereocenters. The molecule has 0 bridgehead atoms. The van der Waals surface area contributed by atoms with Crippen LogP contribution in [0.1, 0.15) is 12.8 Å². The highest BCUT2D eigenvalue weighted by Gasteiger charge is 2.29. The van der Waals surface area contributed by atoms with Crippen molar-refractivity contribution in [2.75, 3.05) is 38.2 Å². The lowest BCUT2D eigenvalue weighted by Crippen LogP contribution is -2.39. The quantitative estimate of drug-likeness (QED) is 0.394. The summed E-state index contributed by atoms with van der Waals surface area (Å²) in [6.07, 6.45) is 0.954. The normalized spacial score (nSPS) is 14.3. The third-order valence-electron chi connectivity index (χ3n) is 4.32. The van der Waals surface area contributed by atoms with Crippen molar-refractivity contribution in [1.82, 2.24) is 10.6 Å². The summed E-state index contributed by atoms with van der Waals surface area (Å²) >= 11 is 0. The molecule has 2 rings (SSSR count). The molecule has 0 aliphatic carbocycles. The summed E-state index contributed by atoms with van der Waals surface area (Å²) in [6.45, 7) is 0.336. The number of nitro benzene ring substituents is 1. The molecular weight excluding hydrogens is 356 g/mol. The number of likely N-dealkylation sites (N-methyl/N-ethyl adjacent to an activating group) is 1. The zero-order valence-corrected chi connectivity index (χ0v) is 15.0. The summed E-state index contributed by atoms with van der Waals surface area (Å²) in [7, 11) is 1.45. The summed E-state index contributed by atoms with van der Waals surface area (Å²) in [4.78, 5) is 47.3. The molecule has 1 aliphatic heterocycles. The number of nitrogens with one attached hydrogen (secondary N) is 2. The van der Waals surface area contributed by atoms with E-state index in [1.807, 2.05) is 4.90 Å². The SMILES string of the molecule is CNC(=O)CNC(=O)COC(=O)C1CCN(c2ccccc2[N+](=O)[O-])CC1. The molecule has 0 atom stereocenters. The Balaban J connectivity index is 1.80. The number of hydrogen-bond donors (Lipinski definition) is 2. The van der Waals surface area contributed by atoms with Crippen LogP contribution in [0.5, 0.6) is 0 Å². The van der Waals surface area contributed by atoms with Gasteiger partial charge in [0.25, 0.3) is 11.6 Å². The number of esters is 1. The van der Waals surface area contributed by atoms with Crippen LogP contribution in [0.4, 0.5) is 11.4 Å². The van der Waals surface area contributed by atoms with Crippen molar-refractivity contribution in [3.8, 4) is 0 Å². The third kappa shape index (κ3) is 5.66. The first kappa shape index (κ1) is 20.1. The van der Waals surface area contributed by atoms with Gasteiger partial charge in [-0.05, 0) is 18.9 Å². The Morgan fingerprint density at radius 1 is 1.22 bits per heavy atom. The molecule has 2 amide bonds. The number of amides is 2. The van der Waals surface area contributed by atoms with Crippen molar-refractivity contribution in [2.45, 2.75) is 12.8 Å². The van der Waals surface area contributed by atoms with Gasteiger partial charge in [-0.15, -0.1) is 0 Å². The fraction of sp³-hybridized carbons (Fsp3) is 0.471. The summed E-state index contributed by atoms with van der Waals surface area (Å²) in [6, 6.07) is 6.49. The third-order valence-corrected chi connectivity index (χ3v) is 4.32. The second-order valence-electron chi connectivity index (χ2n) is 6.06. The highest BCUT2D eigenvalue weighted by atomic mass is 16.6. The van der Waals surface area contributed by atoms with Crippen molar-refractivity contribution in [1.29, 1.82) is 0 Å². The standard InChI is InChI=1S/C17H22N4O6/c1-18-15(22)10-19-16(23)11-27-17(24)12-6-8-20(9-7-12)13-4-2-3-5-14(13)21(25)26/h2-5,12H,6-11H2,1H3,(H,18,22)(H,19,23). The molecule has 10 nitrogen and oxygen atoms in total. The number of rotatable bonds is 7. The van der Waals surface area contributed by atoms with Crippen LogP contribution in [0.15, 0.2) is 24.3 Å². The maximum Gasteiger partial charge on any atom is 0.309 e. The van der Waals surface area contributed by atoms with Gasteiger partial charge < -0.3 is 20.3 Å². The fourth-order valence-electron chi connectivity index (χ4n) is 2.81. The molecule has 146 valence electrons. The van der Waals surface area contributed by atoms with Gasteiger partial charge in [0.1, 0.15) is 5.69 Å². The van der Waals surface area contributed by atoms with Crippen molar-refractivity contribution in [2.24, 2.45) is 5.92 Å². The van der Waals surface area contributed by atoms with Gasteiger partial charge >= 0.3 is 5.97 Å². The Morgan fingerprint density at radius 3 is 2.52 bits per heavy atom. The molecule has 2 N–H and O–H groups in total. The number of nitrogens with zero attached hydrogens (tertiary/aromatic N) is 2. The predicted molar refractivity (Wildman–Crippen MR) is 96.1 cm³/mol. The van der Waals surface area contributed by atoms with E-state index in [-0.39, 0.29) is 24.1 Å². The topological polar surface area (TPSA) is 131 Å². The number of piperidine rings is 1. The van der Waals surface area contributed by atoms with Crippen LogP contribution < -0.4 is 15.5 Å². The van der Waals surface area contributed by atoms with Gasteiger partial charge in [-0.25, -0.2) is 0 Å². The van der Waals surface area contributed by atoms with Crippen LogP contribution in [-0.4, -0.2) is 56.0 Å². The van der Waals surface area contributed by atoms with Crippen LogP contribution in [-0.2, 0) is 19.1 Å². The second kappa shape index (κ2) is 9.51. The molecule has 0 saturated carbocycles. The number of carbonyl (C=O) groups is 3. The molecular formula is C17H22N4O6. The Bertz CT molecular complexity index is 715. The Morgan fingerprint density at radius 2 is 1.89 bits per heavy atom. The lowest BCUT2D eigenvalue weighted by atomic mass is 9.96. The summed E-state index contributed by atoms with van der Waals surface area (Å²) < 4.78 is 5.00. The van der Waals surface area contributed by atoms with E-state index in [0.29, 0.717) is 31.6 Å². The minimum Gasteiger partial charge on any atom is -0.455 e. The number of carbonyl (C=O) groups excluding carboxylic acids is 3. The maximum atomic E-state index is 12.1. The number of benzene rings is 1. The van der Waals surface area contributed by atoms with Gasteiger partial charge in [0.2, 0.25) is 5.91 Å². The second-order valence-corrected chi connectivity index (χ2v) is 6.06. The fourth-order valence-corrected chi connectivity index (χ4v) is 2.81. The van der Waals surface area contributed by atoms with Crippen LogP contribution in [0.3, 0.4) is 0 Å². The van der Waals surface area contributed by atoms with Gasteiger partial charge in [0.15, 0.2) is 6.61 Å².